The molecule has 0 amide bonds. The Kier molecular flexibility index (Phi) is 2.12. The molecule has 0 aliphatic rings. The highest BCUT2D eigenvalue weighted by Gasteiger charge is 2.36. The number of carboxylic acid groups (broad SMARTS) is 1. The third kappa shape index (κ3) is 1.62. The quantitative estimate of drug-likeness (QED) is 0.541. The van der Waals surface area contributed by atoms with Crippen LogP contribution >= 0.6 is 7.68 Å². The van der Waals surface area contributed by atoms with E-state index < -0.39 is 19.0 Å². The summed E-state index contributed by atoms with van der Waals surface area (Å²) in [5, 5.41) is 13.8. The lowest BCUT2D eigenvalue weighted by molar-refractivity contribution is -0.148. The van der Waals surface area contributed by atoms with Gasteiger partial charge in [0.15, 0.2) is 0 Å². The fraction of sp³-hybridized carbons (Fsp3) is 0.667. The van der Waals surface area contributed by atoms with Crippen LogP contribution in [0.3, 0.4) is 0 Å². The first-order chi connectivity index (χ1) is 3.89. The Morgan fingerprint density at radius 2 is 1.89 bits per heavy atom. The first-order valence-corrected chi connectivity index (χ1v) is 3.17. The van der Waals surface area contributed by atoms with Crippen molar-refractivity contribution in [2.24, 2.45) is 0 Å². The van der Waals surface area contributed by atoms with Gasteiger partial charge in [-0.3, -0.25) is 0 Å². The zero-order valence-electron chi connectivity index (χ0n) is 4.57. The van der Waals surface area contributed by atoms with Crippen LogP contribution in [0.1, 0.15) is 6.92 Å². The molecule has 0 aliphatic heterocycles. The largest absolute Gasteiger partial charge is 0.478 e. The molecule has 52 valence electrons. The smallest absolute Gasteiger partial charge is 0.359 e. The first-order valence-electron chi connectivity index (χ1n) is 1.99. The number of aliphatic carboxylic acids is 1. The van der Waals surface area contributed by atoms with Crippen molar-refractivity contribution in [3.8, 4) is 0 Å². The summed E-state index contributed by atoms with van der Waals surface area (Å²) in [6.45, 7) is 0.695. The summed E-state index contributed by atoms with van der Waals surface area (Å²) >= 11 is 0. The molecule has 1 atom stereocenters. The van der Waals surface area contributed by atoms with Crippen molar-refractivity contribution in [3.63, 3.8) is 0 Å². The summed E-state index contributed by atoms with van der Waals surface area (Å²) < 4.78 is 19.7. The van der Waals surface area contributed by atoms with E-state index >= 15 is 0 Å². The van der Waals surface area contributed by atoms with Gasteiger partial charge >= 0.3 is 13.6 Å². The molecule has 0 aromatic rings. The van der Waals surface area contributed by atoms with Crippen LogP contribution < -0.4 is 0 Å². The van der Waals surface area contributed by atoms with Gasteiger partial charge in [-0.05, 0) is 6.92 Å². The minimum atomic E-state index is -3.33. The summed E-state index contributed by atoms with van der Waals surface area (Å²) in [6.07, 6.45) is 0. The lowest BCUT2D eigenvalue weighted by Crippen LogP contribution is -2.28. The van der Waals surface area contributed by atoms with Crippen molar-refractivity contribution in [1.29, 1.82) is 0 Å². The molecule has 2 N–H and O–H groups in total. The van der Waals surface area contributed by atoms with Crippen molar-refractivity contribution in [1.82, 2.24) is 0 Å². The molecule has 9 heavy (non-hydrogen) atoms. The molecule has 0 aromatic carbocycles. The van der Waals surface area contributed by atoms with Crippen LogP contribution in [-0.4, -0.2) is 21.5 Å². The van der Waals surface area contributed by atoms with E-state index in [1.165, 1.54) is 0 Å². The van der Waals surface area contributed by atoms with E-state index in [1.54, 1.807) is 0 Å². The van der Waals surface area contributed by atoms with Crippen molar-refractivity contribution in [2.75, 3.05) is 0 Å². The summed E-state index contributed by atoms with van der Waals surface area (Å²) in [4.78, 5) is 9.83. The molecule has 0 fully saturated rings. The number of hydrogen-bond donors (Lipinski definition) is 2. The van der Waals surface area contributed by atoms with Gasteiger partial charge < -0.3 is 10.2 Å². The minimum Gasteiger partial charge on any atom is -0.478 e. The Labute approximate surface area is 51.1 Å². The molecule has 0 radical (unpaired) electrons. The van der Waals surface area contributed by atoms with Crippen LogP contribution in [0.5, 0.6) is 0 Å². The third-order valence-corrected chi connectivity index (χ3v) is 1.66. The van der Waals surface area contributed by atoms with E-state index in [4.69, 9.17) is 10.2 Å². The van der Waals surface area contributed by atoms with Gasteiger partial charge in [0, 0.05) is 0 Å². The zero-order valence-corrected chi connectivity index (χ0v) is 5.46. The second-order valence-electron chi connectivity index (χ2n) is 1.58. The number of hydrogen-bond acceptors (Lipinski definition) is 4. The second-order valence-corrected chi connectivity index (χ2v) is 2.97. The highest BCUT2D eigenvalue weighted by atomic mass is 31.1. The van der Waals surface area contributed by atoms with Crippen LogP contribution in [0.2, 0.25) is 0 Å². The van der Waals surface area contributed by atoms with E-state index in [0.717, 1.165) is 0 Å². The minimum absolute atomic E-state index is 0.695. The van der Waals surface area contributed by atoms with E-state index in [9.17, 15) is 13.9 Å². The van der Waals surface area contributed by atoms with Crippen LogP contribution in [0.15, 0.2) is 0 Å². The van der Waals surface area contributed by atoms with Gasteiger partial charge in [-0.2, -0.15) is 0 Å². The molecular weight excluding hydrogens is 147 g/mol. The predicted octanol–water partition coefficient (Wildman–Crippen LogP) is -0.0476. The number of carboxylic acids is 1. The SMILES string of the molecule is C[C@](O)(C(=O)O)P(=O)=O. The van der Waals surface area contributed by atoms with E-state index in [2.05, 4.69) is 0 Å². The Bertz CT molecular complexity index is 182. The molecule has 0 unspecified atom stereocenters. The maximum absolute atomic E-state index is 9.87. The average molecular weight is 152 g/mol. The topological polar surface area (TPSA) is 91.7 Å². The van der Waals surface area contributed by atoms with Gasteiger partial charge in [0.2, 0.25) is 0 Å². The molecule has 6 heteroatoms. The van der Waals surface area contributed by atoms with Crippen molar-refractivity contribution >= 4 is 13.6 Å². The maximum Gasteiger partial charge on any atom is 0.359 e. The summed E-state index contributed by atoms with van der Waals surface area (Å²) in [6, 6.07) is 0. The van der Waals surface area contributed by atoms with Gasteiger partial charge in [0.1, 0.15) is 0 Å². The van der Waals surface area contributed by atoms with E-state index in [-0.39, 0.29) is 0 Å². The highest BCUT2D eigenvalue weighted by molar-refractivity contribution is 7.34. The predicted molar refractivity (Wildman–Crippen MR) is 26.6 cm³/mol. The van der Waals surface area contributed by atoms with E-state index in [1.807, 2.05) is 0 Å². The Morgan fingerprint density at radius 1 is 1.56 bits per heavy atom. The van der Waals surface area contributed by atoms with Crippen LogP contribution in [0, 0.1) is 0 Å². The number of carbonyl (C=O) groups is 1. The zero-order chi connectivity index (χ0) is 7.65. The summed E-state index contributed by atoms with van der Waals surface area (Å²) in [7, 11) is -3.33. The van der Waals surface area contributed by atoms with E-state index in [0.29, 0.717) is 6.92 Å². The highest BCUT2D eigenvalue weighted by Crippen LogP contribution is 2.24. The third-order valence-electron chi connectivity index (χ3n) is 0.761. The average Bonchev–Trinajstić information content (AvgIpc) is 1.65. The molecule has 0 bridgehead atoms. The van der Waals surface area contributed by atoms with Crippen molar-refractivity contribution in [2.45, 2.75) is 12.3 Å². The second kappa shape index (κ2) is 2.29. The monoisotopic (exact) mass is 152 g/mol. The van der Waals surface area contributed by atoms with Crippen LogP contribution in [0.4, 0.5) is 0 Å². The van der Waals surface area contributed by atoms with Gasteiger partial charge in [-0.25, -0.2) is 13.9 Å². The molecule has 0 aromatic heterocycles. The number of aliphatic hydroxyl groups is 1. The van der Waals surface area contributed by atoms with Gasteiger partial charge in [-0.15, -0.1) is 0 Å². The number of rotatable bonds is 2. The fourth-order valence-electron chi connectivity index (χ4n) is 0.0781. The Hall–Kier alpha value is -0.670. The molecule has 0 rings (SSSR count). The summed E-state index contributed by atoms with van der Waals surface area (Å²) in [5.74, 6) is -1.77. The standard InChI is InChI=1S/C3H5O5P/c1-3(6,2(4)5)9(7)8/h6H,1H3,(H,4,5)/t3-/m1/s1. The Balaban J connectivity index is 4.59. The fourth-order valence-corrected chi connectivity index (χ4v) is 0.234. The molecule has 5 nitrogen and oxygen atoms in total. The lowest BCUT2D eigenvalue weighted by Gasteiger charge is -2.04. The van der Waals surface area contributed by atoms with Crippen molar-refractivity contribution < 1.29 is 24.1 Å². The lowest BCUT2D eigenvalue weighted by atomic mass is 10.4. The molecule has 0 aliphatic carbocycles. The molecule has 0 spiro atoms. The van der Waals surface area contributed by atoms with Crippen molar-refractivity contribution in [3.05, 3.63) is 0 Å². The summed E-state index contributed by atoms with van der Waals surface area (Å²) in [5.41, 5.74) is 0. The maximum atomic E-state index is 9.87. The Morgan fingerprint density at radius 3 is 1.89 bits per heavy atom. The van der Waals surface area contributed by atoms with Crippen LogP contribution in [-0.2, 0) is 13.9 Å². The van der Waals surface area contributed by atoms with Gasteiger partial charge in [0.25, 0.3) is 5.34 Å². The van der Waals surface area contributed by atoms with Gasteiger partial charge in [0.05, 0.1) is 0 Å². The normalized spacial score (nSPS) is 16.2. The molecule has 0 saturated carbocycles. The molecule has 0 saturated heterocycles. The molecular formula is C3H5O5P. The van der Waals surface area contributed by atoms with Crippen LogP contribution in [0.25, 0.3) is 0 Å². The first kappa shape index (κ1) is 8.33. The van der Waals surface area contributed by atoms with Gasteiger partial charge in [-0.1, -0.05) is 0 Å². The molecule has 0 heterocycles.